The molecule has 2 fully saturated rings. The number of amides is 1. The lowest BCUT2D eigenvalue weighted by Crippen LogP contribution is -2.47. The number of hydrogen-bond donors (Lipinski definition) is 1. The van der Waals surface area contributed by atoms with Gasteiger partial charge in [0.15, 0.2) is 0 Å². The summed E-state index contributed by atoms with van der Waals surface area (Å²) in [5.74, 6) is 0.266. The number of piperidine rings is 1. The number of carbonyl (C=O) groups excluding carboxylic acids is 1. The molecule has 1 aliphatic heterocycles. The Morgan fingerprint density at radius 3 is 2.53 bits per heavy atom. The van der Waals surface area contributed by atoms with Crippen molar-refractivity contribution < 1.29 is 14.6 Å². The second kappa shape index (κ2) is 3.37. The van der Waals surface area contributed by atoms with Crippen LogP contribution in [-0.2, 0) is 4.74 Å². The Balaban J connectivity index is 2.02. The molecule has 1 saturated heterocycles. The average Bonchev–Trinajstić information content (AvgIpc) is 2.59. The molecule has 4 heteroatoms. The van der Waals surface area contributed by atoms with Gasteiger partial charge in [0, 0.05) is 12.0 Å². The fraction of sp³-hybridized carbons (Fsp3) is 0.909. The molecular weight excluding hydrogens is 194 g/mol. The van der Waals surface area contributed by atoms with E-state index in [9.17, 15) is 9.90 Å². The molecule has 3 atom stereocenters. The first-order chi connectivity index (χ1) is 6.88. The van der Waals surface area contributed by atoms with Crippen molar-refractivity contribution in [3.8, 4) is 0 Å². The van der Waals surface area contributed by atoms with E-state index in [1.165, 1.54) is 4.90 Å². The molecule has 1 heterocycles. The van der Waals surface area contributed by atoms with E-state index in [-0.39, 0.29) is 18.1 Å². The Hall–Kier alpha value is -0.770. The summed E-state index contributed by atoms with van der Waals surface area (Å²) in [6, 6.07) is 0.194. The first-order valence-electron chi connectivity index (χ1n) is 5.58. The third-order valence-corrected chi connectivity index (χ3v) is 3.15. The zero-order valence-electron chi connectivity index (χ0n) is 9.56. The van der Waals surface area contributed by atoms with E-state index in [0.717, 1.165) is 19.3 Å². The summed E-state index contributed by atoms with van der Waals surface area (Å²) in [6.45, 7) is 5.52. The molecule has 3 unspecified atom stereocenters. The van der Waals surface area contributed by atoms with Crippen molar-refractivity contribution in [1.29, 1.82) is 0 Å². The predicted octanol–water partition coefficient (Wildman–Crippen LogP) is 1.72. The Morgan fingerprint density at radius 1 is 1.40 bits per heavy atom. The highest BCUT2D eigenvalue weighted by Gasteiger charge is 2.48. The minimum absolute atomic E-state index is 0.194. The monoisotopic (exact) mass is 213 g/mol. The summed E-state index contributed by atoms with van der Waals surface area (Å²) in [5, 5.41) is 9.87. The number of nitrogens with zero attached hydrogens (tertiary/aromatic N) is 1. The Labute approximate surface area is 90.2 Å². The molecule has 0 aromatic heterocycles. The lowest BCUT2D eigenvalue weighted by Gasteiger charge is -2.33. The summed E-state index contributed by atoms with van der Waals surface area (Å²) in [6.07, 6.45) is 1.97. The molecule has 2 rings (SSSR count). The Bertz CT molecular complexity index is 269. The van der Waals surface area contributed by atoms with Crippen LogP contribution >= 0.6 is 0 Å². The van der Waals surface area contributed by atoms with Gasteiger partial charge in [-0.05, 0) is 40.0 Å². The molecule has 0 aromatic carbocycles. The molecule has 1 N–H and O–H groups in total. The smallest absolute Gasteiger partial charge is 0.412 e. The van der Waals surface area contributed by atoms with Crippen molar-refractivity contribution in [2.75, 3.05) is 0 Å². The summed E-state index contributed by atoms with van der Waals surface area (Å²) >= 11 is 0. The summed E-state index contributed by atoms with van der Waals surface area (Å²) in [5.41, 5.74) is -0.487. The van der Waals surface area contributed by atoms with Crippen LogP contribution in [-0.4, -0.2) is 34.0 Å². The maximum atomic E-state index is 11.8. The van der Waals surface area contributed by atoms with Crippen LogP contribution in [0.25, 0.3) is 0 Å². The van der Waals surface area contributed by atoms with Gasteiger partial charge in [-0.1, -0.05) is 0 Å². The van der Waals surface area contributed by atoms with Crippen LogP contribution in [0.5, 0.6) is 0 Å². The number of rotatable bonds is 0. The molecule has 1 saturated carbocycles. The predicted molar refractivity (Wildman–Crippen MR) is 55.2 cm³/mol. The molecular formula is C11H19NO3. The fourth-order valence-corrected chi connectivity index (χ4v) is 2.53. The number of likely N-dealkylation sites (tertiary alicyclic amines) is 1. The lowest BCUT2D eigenvalue weighted by molar-refractivity contribution is -0.0485. The van der Waals surface area contributed by atoms with Crippen LogP contribution in [0.2, 0.25) is 0 Å². The van der Waals surface area contributed by atoms with Crippen LogP contribution in [0.15, 0.2) is 0 Å². The maximum absolute atomic E-state index is 11.8. The molecule has 1 amide bonds. The molecule has 2 aliphatic rings. The van der Waals surface area contributed by atoms with E-state index < -0.39 is 11.8 Å². The fourth-order valence-electron chi connectivity index (χ4n) is 2.53. The second-order valence-corrected chi connectivity index (χ2v) is 5.53. The van der Waals surface area contributed by atoms with E-state index in [1.54, 1.807) is 0 Å². The molecule has 2 bridgehead atoms. The normalized spacial score (nSPS) is 34.7. The van der Waals surface area contributed by atoms with Crippen LogP contribution in [0.3, 0.4) is 0 Å². The van der Waals surface area contributed by atoms with Gasteiger partial charge < -0.3 is 9.84 Å². The maximum Gasteiger partial charge on any atom is 0.412 e. The van der Waals surface area contributed by atoms with E-state index in [2.05, 4.69) is 0 Å². The van der Waals surface area contributed by atoms with E-state index in [4.69, 9.17) is 4.74 Å². The number of carbonyl (C=O) groups is 1. The number of aliphatic hydroxyl groups excluding tert-OH is 1. The van der Waals surface area contributed by atoms with Crippen LogP contribution in [0.1, 0.15) is 40.0 Å². The van der Waals surface area contributed by atoms with Crippen molar-refractivity contribution in [3.63, 3.8) is 0 Å². The van der Waals surface area contributed by atoms with Crippen molar-refractivity contribution in [3.05, 3.63) is 0 Å². The van der Waals surface area contributed by atoms with E-state index >= 15 is 0 Å². The highest BCUT2D eigenvalue weighted by atomic mass is 16.6. The largest absolute Gasteiger partial charge is 0.444 e. The standard InChI is InChI=1S/C11H19NO3/c1-11(2,3)15-10(14)12-8-5-4-7(6-8)9(12)13/h7-9,13H,4-6H2,1-3H3. The number of aliphatic hydroxyl groups is 1. The number of hydrogen-bond acceptors (Lipinski definition) is 3. The molecule has 1 aliphatic carbocycles. The molecule has 15 heavy (non-hydrogen) atoms. The van der Waals surface area contributed by atoms with Crippen molar-refractivity contribution >= 4 is 6.09 Å². The number of fused-ring (bicyclic) bond motifs is 2. The van der Waals surface area contributed by atoms with Gasteiger partial charge in [0.1, 0.15) is 11.8 Å². The van der Waals surface area contributed by atoms with Gasteiger partial charge in [0.05, 0.1) is 0 Å². The van der Waals surface area contributed by atoms with Gasteiger partial charge in [-0.25, -0.2) is 4.79 Å². The molecule has 4 nitrogen and oxygen atoms in total. The molecule has 86 valence electrons. The van der Waals surface area contributed by atoms with Crippen molar-refractivity contribution in [2.24, 2.45) is 5.92 Å². The summed E-state index contributed by atoms with van der Waals surface area (Å²) < 4.78 is 5.27. The van der Waals surface area contributed by atoms with Gasteiger partial charge in [-0.2, -0.15) is 0 Å². The quantitative estimate of drug-likeness (QED) is 0.666. The highest BCUT2D eigenvalue weighted by molar-refractivity contribution is 5.69. The summed E-state index contributed by atoms with van der Waals surface area (Å²) in [7, 11) is 0. The zero-order valence-corrected chi connectivity index (χ0v) is 9.56. The van der Waals surface area contributed by atoms with Gasteiger partial charge >= 0.3 is 6.09 Å². The van der Waals surface area contributed by atoms with Gasteiger partial charge in [0.25, 0.3) is 0 Å². The van der Waals surface area contributed by atoms with Gasteiger partial charge in [-0.15, -0.1) is 0 Å². The van der Waals surface area contributed by atoms with E-state index in [1.807, 2.05) is 20.8 Å². The Kier molecular flexibility index (Phi) is 2.41. The van der Waals surface area contributed by atoms with Gasteiger partial charge in [0.2, 0.25) is 0 Å². The molecule has 0 aromatic rings. The van der Waals surface area contributed by atoms with Crippen LogP contribution in [0, 0.1) is 5.92 Å². The minimum Gasteiger partial charge on any atom is -0.444 e. The SMILES string of the molecule is CC(C)(C)OC(=O)N1C2CCC(C2)C1O. The lowest BCUT2D eigenvalue weighted by atomic mass is 10.1. The van der Waals surface area contributed by atoms with Crippen LogP contribution in [0.4, 0.5) is 4.79 Å². The van der Waals surface area contributed by atoms with E-state index in [0.29, 0.717) is 0 Å². The molecule has 0 spiro atoms. The average molecular weight is 213 g/mol. The Morgan fingerprint density at radius 2 is 2.07 bits per heavy atom. The highest BCUT2D eigenvalue weighted by Crippen LogP contribution is 2.41. The van der Waals surface area contributed by atoms with Crippen LogP contribution < -0.4 is 0 Å². The third kappa shape index (κ3) is 1.95. The van der Waals surface area contributed by atoms with Gasteiger partial charge in [-0.3, -0.25) is 4.90 Å². The topological polar surface area (TPSA) is 49.8 Å². The van der Waals surface area contributed by atoms with Crippen molar-refractivity contribution in [1.82, 2.24) is 4.90 Å². The second-order valence-electron chi connectivity index (χ2n) is 5.53. The summed E-state index contributed by atoms with van der Waals surface area (Å²) in [4.78, 5) is 13.3. The first kappa shape index (κ1) is 10.7. The van der Waals surface area contributed by atoms with Crippen molar-refractivity contribution in [2.45, 2.75) is 57.9 Å². The first-order valence-corrected chi connectivity index (χ1v) is 5.58. The minimum atomic E-state index is -0.626. The molecule has 0 radical (unpaired) electrons. The zero-order chi connectivity index (χ0) is 11.2. The number of ether oxygens (including phenoxy) is 1. The third-order valence-electron chi connectivity index (χ3n) is 3.15.